The summed E-state index contributed by atoms with van der Waals surface area (Å²) in [7, 11) is -6.07. The van der Waals surface area contributed by atoms with E-state index in [1.807, 2.05) is 42.7 Å². The van der Waals surface area contributed by atoms with E-state index in [1.165, 1.54) is 55.6 Å². The van der Waals surface area contributed by atoms with Crippen molar-refractivity contribution in [3.63, 3.8) is 0 Å². The van der Waals surface area contributed by atoms with Crippen LogP contribution in [0.25, 0.3) is 28.2 Å². The fourth-order valence-corrected chi connectivity index (χ4v) is 8.76. The lowest BCUT2D eigenvalue weighted by atomic mass is 9.92. The van der Waals surface area contributed by atoms with E-state index < -0.39 is 62.2 Å². The topological polar surface area (TPSA) is 229 Å². The van der Waals surface area contributed by atoms with Gasteiger partial charge >= 0.3 is 11.9 Å². The minimum absolute atomic E-state index is 0.0335. The minimum atomic E-state index is -3.75. The Labute approximate surface area is 358 Å². The Balaban J connectivity index is 0.000000236. The van der Waals surface area contributed by atoms with Crippen LogP contribution in [0, 0.1) is 11.6 Å². The number of aliphatic carboxylic acids is 2. The average molecular weight is 898 g/mol. The maximum absolute atomic E-state index is 13.5. The van der Waals surface area contributed by atoms with Crippen LogP contribution in [-0.4, -0.2) is 95.3 Å². The summed E-state index contributed by atoms with van der Waals surface area (Å²) in [5.74, 6) is -3.20. The smallest absolute Gasteiger partial charge is 0.305 e. The summed E-state index contributed by atoms with van der Waals surface area (Å²) in [5, 5.41) is 38.9. The minimum Gasteiger partial charge on any atom is -0.481 e. The number of aliphatic hydroxyl groups is 2. The fourth-order valence-electron chi connectivity index (χ4n) is 7.11. The zero-order chi connectivity index (χ0) is 45.5. The highest BCUT2D eigenvalue weighted by Gasteiger charge is 2.29. The number of halogens is 2. The van der Waals surface area contributed by atoms with Crippen LogP contribution in [-0.2, 0) is 49.0 Å². The summed E-state index contributed by atoms with van der Waals surface area (Å²) in [5.41, 5.74) is 4.91. The van der Waals surface area contributed by atoms with E-state index in [1.54, 1.807) is 0 Å². The summed E-state index contributed by atoms with van der Waals surface area (Å²) in [4.78, 5) is 30.6. The first kappa shape index (κ1) is 47.4. The first-order chi connectivity index (χ1) is 29.1. The fraction of sp³-hybridized carbons (Fsp3) is 0.349. The van der Waals surface area contributed by atoms with Crippen molar-refractivity contribution in [2.24, 2.45) is 0 Å². The molecule has 0 saturated heterocycles. The normalized spacial score (nSPS) is 15.2. The Morgan fingerprint density at radius 3 is 2.16 bits per heavy atom. The van der Waals surface area contributed by atoms with E-state index in [-0.39, 0.29) is 35.6 Å². The number of anilines is 1. The van der Waals surface area contributed by atoms with E-state index in [9.17, 15) is 45.4 Å². The third-order valence-electron chi connectivity index (χ3n) is 10.2. The van der Waals surface area contributed by atoms with Crippen LogP contribution in [0.2, 0.25) is 0 Å². The molecule has 6 rings (SSSR count). The summed E-state index contributed by atoms with van der Waals surface area (Å²) in [6, 6.07) is 17.8. The number of hydrogen-bond acceptors (Lipinski definition) is 10. The zero-order valence-electron chi connectivity index (χ0n) is 34.4. The van der Waals surface area contributed by atoms with Crippen LogP contribution in [0.3, 0.4) is 0 Å². The number of rotatable bonds is 16. The van der Waals surface area contributed by atoms with Gasteiger partial charge in [0.1, 0.15) is 11.6 Å². The van der Waals surface area contributed by atoms with Crippen molar-refractivity contribution in [2.75, 3.05) is 17.6 Å². The average Bonchev–Trinajstić information content (AvgIpc) is 3.51. The predicted molar refractivity (Wildman–Crippen MR) is 229 cm³/mol. The molecule has 62 heavy (non-hydrogen) atoms. The molecular formula is C43H49F2N5O10S2. The van der Waals surface area contributed by atoms with Gasteiger partial charge in [-0.05, 0) is 85.3 Å². The number of aliphatic hydroxyl groups excluding tert-OH is 2. The number of carboxylic acid groups (broad SMARTS) is 2. The number of carboxylic acids is 2. The number of para-hydroxylation sites is 1. The number of fused-ring (bicyclic) bond motifs is 3. The number of nitrogens with one attached hydrogen (secondary N) is 1. The lowest BCUT2D eigenvalue weighted by molar-refractivity contribution is -0.139. The number of nitrogens with zero attached hydrogens (tertiary/aromatic N) is 4. The first-order valence-corrected chi connectivity index (χ1v) is 22.9. The number of sulfonamides is 2. The Hall–Kier alpha value is -5.60. The first-order valence-electron chi connectivity index (χ1n) is 19.6. The van der Waals surface area contributed by atoms with Gasteiger partial charge in [0, 0.05) is 53.8 Å². The molecule has 1 aliphatic carbocycles. The largest absolute Gasteiger partial charge is 0.481 e. The molecule has 0 fully saturated rings. The molecule has 0 bridgehead atoms. The van der Waals surface area contributed by atoms with Gasteiger partial charge in [0.15, 0.2) is 0 Å². The van der Waals surface area contributed by atoms with Crippen molar-refractivity contribution < 1.29 is 55.6 Å². The SMILES string of the molecule is CC(C)c1nc(N(C)S(C)(=O)=O)nc(-c2ccc(F)cc2)c1/C=C/[C@@H](O)C[C@@H](O)CC(=O)O.O=C(O)CCn1c2c(c3ccccc31)C[C@H](NS(=O)(=O)c1ccc(F)cc1)CC2. The van der Waals surface area contributed by atoms with Gasteiger partial charge in [-0.25, -0.2) is 44.6 Å². The van der Waals surface area contributed by atoms with Gasteiger partial charge in [0.05, 0.1) is 47.6 Å². The van der Waals surface area contributed by atoms with Gasteiger partial charge in [-0.15, -0.1) is 0 Å². The lowest BCUT2D eigenvalue weighted by Gasteiger charge is -2.25. The second kappa shape index (κ2) is 20.1. The van der Waals surface area contributed by atoms with Crippen LogP contribution in [0.1, 0.15) is 68.0 Å². The molecule has 0 unspecified atom stereocenters. The second-order valence-electron chi connectivity index (χ2n) is 15.2. The van der Waals surface area contributed by atoms with Gasteiger partial charge in [-0.3, -0.25) is 9.59 Å². The molecule has 5 aromatic rings. The van der Waals surface area contributed by atoms with Crippen molar-refractivity contribution in [2.45, 2.75) is 88.0 Å². The Morgan fingerprint density at radius 1 is 0.935 bits per heavy atom. The van der Waals surface area contributed by atoms with E-state index >= 15 is 0 Å². The van der Waals surface area contributed by atoms with Gasteiger partial charge in [-0.1, -0.05) is 44.2 Å². The maximum atomic E-state index is 13.5. The van der Waals surface area contributed by atoms with Crippen molar-refractivity contribution in [3.05, 3.63) is 113 Å². The molecule has 5 N–H and O–H groups in total. The highest BCUT2D eigenvalue weighted by Crippen LogP contribution is 2.34. The summed E-state index contributed by atoms with van der Waals surface area (Å²) in [6.45, 7) is 4.09. The molecule has 1 aliphatic rings. The standard InChI is InChI=1S/C22H28FN3O6S.C21H21FN2O4S/c1-13(2)20-18(10-9-16(27)11-17(28)12-19(29)30)21(14-5-7-15(23)8-6-14)25-22(24-20)26(3)33(4,31)32;22-14-5-8-16(9-6-14)29(27,28)23-15-7-10-20-18(13-15)17-3-1-2-4-19(17)24(20)12-11-21(25)26/h5-10,13,16-17,27-28H,11-12H2,1-4H3,(H,29,30);1-6,8-9,15,23H,7,10-13H2,(H,25,26)/b10-9+;/t16-,17-;15-/m11/s1. The Kier molecular flexibility index (Phi) is 15.4. The predicted octanol–water partition coefficient (Wildman–Crippen LogP) is 5.49. The van der Waals surface area contributed by atoms with E-state index in [4.69, 9.17) is 10.2 Å². The summed E-state index contributed by atoms with van der Waals surface area (Å²) in [6.07, 6.45) is 2.68. The molecule has 332 valence electrons. The zero-order valence-corrected chi connectivity index (χ0v) is 36.1. The molecule has 19 heteroatoms. The molecule has 0 saturated carbocycles. The van der Waals surface area contributed by atoms with Gasteiger partial charge in [0.2, 0.25) is 26.0 Å². The third-order valence-corrected chi connectivity index (χ3v) is 12.9. The molecule has 0 radical (unpaired) electrons. The summed E-state index contributed by atoms with van der Waals surface area (Å²) >= 11 is 0. The van der Waals surface area contributed by atoms with Crippen molar-refractivity contribution in [1.29, 1.82) is 0 Å². The van der Waals surface area contributed by atoms with Gasteiger partial charge in [0.25, 0.3) is 0 Å². The second-order valence-corrected chi connectivity index (χ2v) is 19.0. The highest BCUT2D eigenvalue weighted by atomic mass is 32.2. The maximum Gasteiger partial charge on any atom is 0.305 e. The monoisotopic (exact) mass is 897 g/mol. The quantitative estimate of drug-likeness (QED) is 0.0828. The number of hydrogen-bond donors (Lipinski definition) is 5. The van der Waals surface area contributed by atoms with Crippen LogP contribution < -0.4 is 9.03 Å². The Morgan fingerprint density at radius 2 is 1.56 bits per heavy atom. The molecule has 2 aromatic heterocycles. The highest BCUT2D eigenvalue weighted by molar-refractivity contribution is 7.92. The van der Waals surface area contributed by atoms with Crippen molar-refractivity contribution >= 4 is 54.9 Å². The molecule has 15 nitrogen and oxygen atoms in total. The van der Waals surface area contributed by atoms with Gasteiger partial charge in [-0.2, -0.15) is 0 Å². The molecule has 3 aromatic carbocycles. The molecule has 0 amide bonds. The van der Waals surface area contributed by atoms with Crippen molar-refractivity contribution in [1.82, 2.24) is 19.3 Å². The van der Waals surface area contributed by atoms with E-state index in [2.05, 4.69) is 14.7 Å². The number of aryl methyl sites for hydroxylation is 1. The van der Waals surface area contributed by atoms with E-state index in [0.717, 1.165) is 44.9 Å². The van der Waals surface area contributed by atoms with Crippen LogP contribution in [0.15, 0.2) is 83.8 Å². The molecular weight excluding hydrogens is 849 g/mol. The molecule has 2 heterocycles. The van der Waals surface area contributed by atoms with Crippen LogP contribution in [0.4, 0.5) is 14.7 Å². The van der Waals surface area contributed by atoms with Crippen LogP contribution >= 0.6 is 0 Å². The Bertz CT molecular complexity index is 2660. The molecule has 3 atom stereocenters. The molecule has 0 spiro atoms. The number of benzene rings is 3. The third kappa shape index (κ3) is 12.1. The van der Waals surface area contributed by atoms with E-state index in [0.29, 0.717) is 48.3 Å². The van der Waals surface area contributed by atoms with Crippen LogP contribution in [0.5, 0.6) is 0 Å². The summed E-state index contributed by atoms with van der Waals surface area (Å²) < 4.78 is 81.8. The van der Waals surface area contributed by atoms with Gasteiger partial charge < -0.3 is 25.0 Å². The lowest BCUT2D eigenvalue weighted by Crippen LogP contribution is -2.39. The molecule has 0 aliphatic heterocycles. The van der Waals surface area contributed by atoms with Crippen molar-refractivity contribution in [3.8, 4) is 11.3 Å². The number of carbonyl (C=O) groups is 2. The number of aromatic nitrogens is 3.